The van der Waals surface area contributed by atoms with Crippen molar-refractivity contribution in [3.8, 4) is 0 Å². The number of hydrogen-bond acceptors (Lipinski definition) is 3. The number of sulfonamides is 1. The summed E-state index contributed by atoms with van der Waals surface area (Å²) < 4.78 is 29.4. The van der Waals surface area contributed by atoms with E-state index in [4.69, 9.17) is 0 Å². The highest BCUT2D eigenvalue weighted by Crippen LogP contribution is 2.20. The molecule has 7 heteroatoms. The molecule has 2 heterocycles. The second-order valence-electron chi connectivity index (χ2n) is 5.93. The van der Waals surface area contributed by atoms with E-state index in [1.165, 1.54) is 27.2 Å². The van der Waals surface area contributed by atoms with Crippen molar-refractivity contribution < 1.29 is 8.42 Å². The minimum atomic E-state index is -3.54. The van der Waals surface area contributed by atoms with Crippen LogP contribution in [0.2, 0.25) is 0 Å². The third-order valence-corrected chi connectivity index (χ3v) is 6.53. The molecule has 1 aromatic carbocycles. The molecular weight excluding hydrogens is 392 g/mol. The third-order valence-electron chi connectivity index (χ3n) is 4.15. The standard InChI is InChI=1S/C17H19BrN2O3S/c18-15-6-4-5-14(11-15)12-19-13-16(7-8-17(19)21)24(22,23)20-9-2-1-3-10-20/h4-8,11,13H,1-3,9-10,12H2. The third kappa shape index (κ3) is 3.79. The van der Waals surface area contributed by atoms with Gasteiger partial charge in [0.2, 0.25) is 10.0 Å². The topological polar surface area (TPSA) is 59.4 Å². The van der Waals surface area contributed by atoms with Crippen LogP contribution >= 0.6 is 15.9 Å². The van der Waals surface area contributed by atoms with Gasteiger partial charge in [0, 0.05) is 29.8 Å². The summed E-state index contributed by atoms with van der Waals surface area (Å²) in [6.07, 6.45) is 4.29. The van der Waals surface area contributed by atoms with Crippen LogP contribution in [0.5, 0.6) is 0 Å². The quantitative estimate of drug-likeness (QED) is 0.778. The lowest BCUT2D eigenvalue weighted by atomic mass is 10.2. The Bertz CT molecular complexity index is 887. The summed E-state index contributed by atoms with van der Waals surface area (Å²) in [6.45, 7) is 1.43. The van der Waals surface area contributed by atoms with Crippen LogP contribution in [0, 0.1) is 0 Å². The molecule has 0 spiro atoms. The number of hydrogen-bond donors (Lipinski definition) is 0. The van der Waals surface area contributed by atoms with Crippen molar-refractivity contribution in [1.82, 2.24) is 8.87 Å². The Labute approximate surface area is 150 Å². The van der Waals surface area contributed by atoms with Gasteiger partial charge in [0.15, 0.2) is 0 Å². The fourth-order valence-electron chi connectivity index (χ4n) is 2.87. The van der Waals surface area contributed by atoms with Crippen LogP contribution in [0.25, 0.3) is 0 Å². The van der Waals surface area contributed by atoms with Gasteiger partial charge in [-0.3, -0.25) is 4.79 Å². The molecule has 2 aromatic rings. The molecule has 0 N–H and O–H groups in total. The van der Waals surface area contributed by atoms with E-state index in [2.05, 4.69) is 15.9 Å². The average molecular weight is 411 g/mol. The maximum atomic E-state index is 12.8. The smallest absolute Gasteiger partial charge is 0.250 e. The molecule has 1 aliphatic rings. The van der Waals surface area contributed by atoms with Crippen molar-refractivity contribution in [3.05, 3.63) is 63.0 Å². The maximum Gasteiger partial charge on any atom is 0.250 e. The molecule has 3 rings (SSSR count). The molecule has 0 aliphatic carbocycles. The normalized spacial score (nSPS) is 16.2. The predicted octanol–water partition coefficient (Wildman–Crippen LogP) is 2.83. The number of nitrogens with zero attached hydrogens (tertiary/aromatic N) is 2. The van der Waals surface area contributed by atoms with Gasteiger partial charge in [-0.1, -0.05) is 34.5 Å². The molecule has 0 radical (unpaired) electrons. The summed E-state index contributed by atoms with van der Waals surface area (Å²) in [7, 11) is -3.54. The Morgan fingerprint density at radius 3 is 2.50 bits per heavy atom. The lowest BCUT2D eigenvalue weighted by Crippen LogP contribution is -2.36. The summed E-state index contributed by atoms with van der Waals surface area (Å²) in [5.41, 5.74) is 0.714. The second-order valence-corrected chi connectivity index (χ2v) is 8.78. The first-order chi connectivity index (χ1) is 11.5. The zero-order chi connectivity index (χ0) is 17.2. The highest BCUT2D eigenvalue weighted by molar-refractivity contribution is 9.10. The van der Waals surface area contributed by atoms with Crippen LogP contribution in [0.1, 0.15) is 24.8 Å². The largest absolute Gasteiger partial charge is 0.310 e. The van der Waals surface area contributed by atoms with Gasteiger partial charge >= 0.3 is 0 Å². The van der Waals surface area contributed by atoms with Gasteiger partial charge in [-0.25, -0.2) is 8.42 Å². The van der Waals surface area contributed by atoms with Crippen molar-refractivity contribution in [1.29, 1.82) is 0 Å². The first kappa shape index (κ1) is 17.4. The van der Waals surface area contributed by atoms with Crippen LogP contribution in [-0.2, 0) is 16.6 Å². The SMILES string of the molecule is O=c1ccc(S(=O)(=O)N2CCCCC2)cn1Cc1cccc(Br)c1. The number of halogens is 1. The second kappa shape index (κ2) is 7.21. The van der Waals surface area contributed by atoms with Crippen LogP contribution in [0.15, 0.2) is 56.8 Å². The summed E-state index contributed by atoms with van der Waals surface area (Å²) in [6, 6.07) is 10.3. The molecule has 128 valence electrons. The minimum absolute atomic E-state index is 0.180. The fraction of sp³-hybridized carbons (Fsp3) is 0.353. The number of aromatic nitrogens is 1. The predicted molar refractivity (Wildman–Crippen MR) is 96.6 cm³/mol. The Balaban J connectivity index is 1.92. The minimum Gasteiger partial charge on any atom is -0.310 e. The van der Waals surface area contributed by atoms with E-state index in [1.54, 1.807) is 0 Å². The molecule has 0 unspecified atom stereocenters. The van der Waals surface area contributed by atoms with Gasteiger partial charge in [-0.05, 0) is 36.6 Å². The van der Waals surface area contributed by atoms with Crippen molar-refractivity contribution in [2.24, 2.45) is 0 Å². The molecule has 0 saturated carbocycles. The zero-order valence-corrected chi connectivity index (χ0v) is 15.6. The first-order valence-electron chi connectivity index (χ1n) is 7.92. The van der Waals surface area contributed by atoms with Gasteiger partial charge in [0.05, 0.1) is 11.4 Å². The zero-order valence-electron chi connectivity index (χ0n) is 13.2. The van der Waals surface area contributed by atoms with E-state index < -0.39 is 10.0 Å². The Morgan fingerprint density at radius 2 is 1.79 bits per heavy atom. The van der Waals surface area contributed by atoms with Crippen LogP contribution in [-0.4, -0.2) is 30.4 Å². The van der Waals surface area contributed by atoms with Gasteiger partial charge in [0.1, 0.15) is 0 Å². The summed E-state index contributed by atoms with van der Waals surface area (Å²) in [4.78, 5) is 12.3. The summed E-state index contributed by atoms with van der Waals surface area (Å²) >= 11 is 3.40. The first-order valence-corrected chi connectivity index (χ1v) is 10.2. The highest BCUT2D eigenvalue weighted by Gasteiger charge is 2.26. The van der Waals surface area contributed by atoms with E-state index in [0.29, 0.717) is 19.6 Å². The number of benzene rings is 1. The Morgan fingerprint density at radius 1 is 1.04 bits per heavy atom. The molecule has 1 fully saturated rings. The van der Waals surface area contributed by atoms with E-state index >= 15 is 0 Å². The van der Waals surface area contributed by atoms with E-state index in [-0.39, 0.29) is 10.5 Å². The molecule has 1 aliphatic heterocycles. The van der Waals surface area contributed by atoms with Gasteiger partial charge in [-0.15, -0.1) is 0 Å². The maximum absolute atomic E-state index is 12.8. The number of pyridine rings is 1. The molecule has 1 saturated heterocycles. The van der Waals surface area contributed by atoms with Gasteiger partial charge in [-0.2, -0.15) is 4.31 Å². The van der Waals surface area contributed by atoms with Crippen molar-refractivity contribution >= 4 is 26.0 Å². The highest BCUT2D eigenvalue weighted by atomic mass is 79.9. The average Bonchev–Trinajstić information content (AvgIpc) is 2.57. The Kier molecular flexibility index (Phi) is 5.22. The molecule has 0 bridgehead atoms. The molecule has 24 heavy (non-hydrogen) atoms. The number of piperidine rings is 1. The van der Waals surface area contributed by atoms with Crippen LogP contribution in [0.4, 0.5) is 0 Å². The van der Waals surface area contributed by atoms with Crippen molar-refractivity contribution in [2.75, 3.05) is 13.1 Å². The van der Waals surface area contributed by atoms with Crippen molar-refractivity contribution in [3.63, 3.8) is 0 Å². The Hall–Kier alpha value is -1.44. The lowest BCUT2D eigenvalue weighted by molar-refractivity contribution is 0.346. The van der Waals surface area contributed by atoms with Gasteiger partial charge in [0.25, 0.3) is 5.56 Å². The fourth-order valence-corrected chi connectivity index (χ4v) is 4.86. The van der Waals surface area contributed by atoms with Crippen LogP contribution < -0.4 is 5.56 Å². The monoisotopic (exact) mass is 410 g/mol. The van der Waals surface area contributed by atoms with E-state index in [0.717, 1.165) is 29.3 Å². The molecule has 5 nitrogen and oxygen atoms in total. The van der Waals surface area contributed by atoms with E-state index in [9.17, 15) is 13.2 Å². The van der Waals surface area contributed by atoms with E-state index in [1.807, 2.05) is 24.3 Å². The molecule has 0 atom stereocenters. The van der Waals surface area contributed by atoms with Crippen LogP contribution in [0.3, 0.4) is 0 Å². The molecular formula is C17H19BrN2O3S. The van der Waals surface area contributed by atoms with Crippen molar-refractivity contribution in [2.45, 2.75) is 30.7 Å². The lowest BCUT2D eigenvalue weighted by Gasteiger charge is -2.26. The van der Waals surface area contributed by atoms with Gasteiger partial charge < -0.3 is 4.57 Å². The summed E-state index contributed by atoms with van der Waals surface area (Å²) in [5, 5.41) is 0. The number of rotatable bonds is 4. The summed E-state index contributed by atoms with van der Waals surface area (Å²) in [5.74, 6) is 0. The molecule has 1 aromatic heterocycles. The molecule has 0 amide bonds.